The van der Waals surface area contributed by atoms with Gasteiger partial charge in [-0.05, 0) is 31.8 Å². The summed E-state index contributed by atoms with van der Waals surface area (Å²) in [5, 5.41) is 4.71. The molecule has 0 bridgehead atoms. The van der Waals surface area contributed by atoms with Gasteiger partial charge in [-0.1, -0.05) is 12.1 Å². The number of nitrogens with one attached hydrogen (secondary N) is 1. The van der Waals surface area contributed by atoms with Crippen molar-refractivity contribution in [3.05, 3.63) is 69.3 Å². The van der Waals surface area contributed by atoms with E-state index < -0.39 is 0 Å². The minimum absolute atomic E-state index is 0.109. The number of amides is 1. The number of likely N-dealkylation sites (N-methyl/N-ethyl adjacent to an activating group) is 1. The van der Waals surface area contributed by atoms with Crippen molar-refractivity contribution in [3.8, 4) is 0 Å². The number of nitrogens with zero attached hydrogens (tertiary/aromatic N) is 3. The molecule has 0 saturated heterocycles. The summed E-state index contributed by atoms with van der Waals surface area (Å²) in [5.41, 5.74) is 1.36. The lowest BCUT2D eigenvalue weighted by Crippen LogP contribution is -2.35. The second-order valence-corrected chi connectivity index (χ2v) is 8.33. The lowest BCUT2D eigenvalue weighted by atomic mass is 10.1. The van der Waals surface area contributed by atoms with Gasteiger partial charge in [0.2, 0.25) is 5.91 Å². The molecule has 0 radical (unpaired) electrons. The molecule has 3 aromatic rings. The molecular weight excluding hydrogens is 399 g/mol. The zero-order chi connectivity index (χ0) is 20.1. The van der Waals surface area contributed by atoms with Crippen LogP contribution in [0.1, 0.15) is 17.3 Å². The maximum atomic E-state index is 13.5. The minimum atomic E-state index is -0.294. The van der Waals surface area contributed by atoms with Gasteiger partial charge in [0.25, 0.3) is 5.56 Å². The number of hydrogen-bond donors (Lipinski definition) is 1. The molecule has 2 aromatic heterocycles. The number of hydrogen-bond acceptors (Lipinski definition) is 6. The third-order valence-electron chi connectivity index (χ3n) is 4.19. The van der Waals surface area contributed by atoms with E-state index in [0.717, 1.165) is 5.56 Å². The Labute approximate surface area is 170 Å². The Morgan fingerprint density at radius 1 is 1.39 bits per heavy atom. The Morgan fingerprint density at radius 3 is 2.96 bits per heavy atom. The molecule has 0 aliphatic carbocycles. The first kappa shape index (κ1) is 20.5. The molecule has 0 aliphatic heterocycles. The Morgan fingerprint density at radius 2 is 2.21 bits per heavy atom. The highest BCUT2D eigenvalue weighted by Gasteiger charge is 2.16. The number of rotatable bonds is 8. The quantitative estimate of drug-likeness (QED) is 0.607. The van der Waals surface area contributed by atoms with Gasteiger partial charge in [-0.25, -0.2) is 9.37 Å². The van der Waals surface area contributed by atoms with Gasteiger partial charge >= 0.3 is 0 Å². The van der Waals surface area contributed by atoms with Crippen LogP contribution in [0.25, 0.3) is 4.96 Å². The SMILES string of the molecule is CN(C)[C@@H](CNC(=O)CSCc1cc(=O)n2ccsc2n1)c1cccc(F)c1. The normalized spacial score (nSPS) is 12.4. The number of carbonyl (C=O) groups is 1. The summed E-state index contributed by atoms with van der Waals surface area (Å²) in [4.78, 5) is 31.2. The molecule has 0 fully saturated rings. The Hall–Kier alpha value is -2.23. The summed E-state index contributed by atoms with van der Waals surface area (Å²) in [6.07, 6.45) is 1.69. The Balaban J connectivity index is 1.51. The van der Waals surface area contributed by atoms with Crippen molar-refractivity contribution in [2.24, 2.45) is 0 Å². The van der Waals surface area contributed by atoms with E-state index in [1.165, 1.54) is 45.7 Å². The van der Waals surface area contributed by atoms with Crippen molar-refractivity contribution >= 4 is 34.0 Å². The van der Waals surface area contributed by atoms with Gasteiger partial charge in [-0.15, -0.1) is 23.1 Å². The number of benzene rings is 1. The smallest absolute Gasteiger partial charge is 0.258 e. The molecule has 0 aliphatic rings. The molecule has 2 heterocycles. The second kappa shape index (κ2) is 9.31. The van der Waals surface area contributed by atoms with E-state index >= 15 is 0 Å². The number of aromatic nitrogens is 2. The van der Waals surface area contributed by atoms with Crippen molar-refractivity contribution in [1.82, 2.24) is 19.6 Å². The highest BCUT2D eigenvalue weighted by molar-refractivity contribution is 7.99. The highest BCUT2D eigenvalue weighted by atomic mass is 32.2. The largest absolute Gasteiger partial charge is 0.353 e. The standard InChI is InChI=1S/C19H21FN4O2S2/c1-23(2)16(13-4-3-5-14(20)8-13)10-21-17(25)12-27-11-15-9-18(26)24-6-7-28-19(24)22-15/h3-9,16H,10-12H2,1-2H3,(H,21,25)/t16-/m0/s1. The number of halogens is 1. The molecule has 0 saturated carbocycles. The van der Waals surface area contributed by atoms with Crippen LogP contribution in [-0.2, 0) is 10.5 Å². The molecule has 148 valence electrons. The molecule has 9 heteroatoms. The summed E-state index contributed by atoms with van der Waals surface area (Å²) < 4.78 is 15.0. The van der Waals surface area contributed by atoms with Crippen LogP contribution in [0.4, 0.5) is 4.39 Å². The minimum Gasteiger partial charge on any atom is -0.353 e. The first-order chi connectivity index (χ1) is 13.4. The molecule has 1 aromatic carbocycles. The van der Waals surface area contributed by atoms with Crippen LogP contribution < -0.4 is 10.9 Å². The molecule has 0 unspecified atom stereocenters. The number of thioether (sulfide) groups is 1. The van der Waals surface area contributed by atoms with Crippen molar-refractivity contribution < 1.29 is 9.18 Å². The van der Waals surface area contributed by atoms with E-state index in [1.54, 1.807) is 12.3 Å². The van der Waals surface area contributed by atoms with E-state index in [4.69, 9.17) is 0 Å². The van der Waals surface area contributed by atoms with Gasteiger partial charge in [0.15, 0.2) is 4.96 Å². The van der Waals surface area contributed by atoms with Crippen LogP contribution in [0.5, 0.6) is 0 Å². The number of thiazole rings is 1. The molecule has 3 rings (SSSR count). The third kappa shape index (κ3) is 5.18. The molecule has 28 heavy (non-hydrogen) atoms. The third-order valence-corrected chi connectivity index (χ3v) is 5.91. The molecule has 0 spiro atoms. The molecule has 1 atom stereocenters. The van der Waals surface area contributed by atoms with Crippen LogP contribution in [-0.4, -0.2) is 46.6 Å². The lowest BCUT2D eigenvalue weighted by molar-refractivity contribution is -0.118. The summed E-state index contributed by atoms with van der Waals surface area (Å²) in [6.45, 7) is 0.386. The fourth-order valence-corrected chi connectivity index (χ4v) is 4.27. The Bertz CT molecular complexity index is 1020. The average molecular weight is 421 g/mol. The van der Waals surface area contributed by atoms with Crippen molar-refractivity contribution in [3.63, 3.8) is 0 Å². The van der Waals surface area contributed by atoms with Crippen LogP contribution in [0.15, 0.2) is 46.7 Å². The van der Waals surface area contributed by atoms with Crippen LogP contribution in [0.3, 0.4) is 0 Å². The molecule has 1 amide bonds. The van der Waals surface area contributed by atoms with Crippen LogP contribution in [0.2, 0.25) is 0 Å². The average Bonchev–Trinajstić information content (AvgIpc) is 3.11. The van der Waals surface area contributed by atoms with Crippen LogP contribution in [0, 0.1) is 5.82 Å². The first-order valence-electron chi connectivity index (χ1n) is 8.66. The fraction of sp³-hybridized carbons (Fsp3) is 0.316. The monoisotopic (exact) mass is 420 g/mol. The predicted molar refractivity (Wildman–Crippen MR) is 111 cm³/mol. The molecule has 6 nitrogen and oxygen atoms in total. The fourth-order valence-electron chi connectivity index (χ4n) is 2.78. The maximum absolute atomic E-state index is 13.5. The summed E-state index contributed by atoms with van der Waals surface area (Å²) in [7, 11) is 3.78. The van der Waals surface area contributed by atoms with E-state index in [0.29, 0.717) is 23.0 Å². The molecular formula is C19H21FN4O2S2. The van der Waals surface area contributed by atoms with E-state index in [2.05, 4.69) is 10.3 Å². The van der Waals surface area contributed by atoms with Gasteiger partial charge in [0, 0.05) is 29.9 Å². The van der Waals surface area contributed by atoms with E-state index in [1.807, 2.05) is 30.4 Å². The predicted octanol–water partition coefficient (Wildman–Crippen LogP) is 2.55. The van der Waals surface area contributed by atoms with E-state index in [9.17, 15) is 14.0 Å². The number of fused-ring (bicyclic) bond motifs is 1. The lowest BCUT2D eigenvalue weighted by Gasteiger charge is -2.25. The van der Waals surface area contributed by atoms with Crippen molar-refractivity contribution in [2.75, 3.05) is 26.4 Å². The molecule has 1 N–H and O–H groups in total. The summed E-state index contributed by atoms with van der Waals surface area (Å²) in [6, 6.07) is 7.78. The van der Waals surface area contributed by atoms with Crippen molar-refractivity contribution in [1.29, 1.82) is 0 Å². The Kier molecular flexibility index (Phi) is 6.82. The van der Waals surface area contributed by atoms with Gasteiger partial charge in [-0.3, -0.25) is 14.0 Å². The highest BCUT2D eigenvalue weighted by Crippen LogP contribution is 2.18. The second-order valence-electron chi connectivity index (χ2n) is 6.47. The first-order valence-corrected chi connectivity index (χ1v) is 10.7. The van der Waals surface area contributed by atoms with E-state index in [-0.39, 0.29) is 29.1 Å². The summed E-state index contributed by atoms with van der Waals surface area (Å²) in [5.74, 6) is 0.340. The van der Waals surface area contributed by atoms with Crippen molar-refractivity contribution in [2.45, 2.75) is 11.8 Å². The van der Waals surface area contributed by atoms with Gasteiger partial charge < -0.3 is 10.2 Å². The van der Waals surface area contributed by atoms with Gasteiger partial charge in [-0.2, -0.15) is 0 Å². The van der Waals surface area contributed by atoms with Gasteiger partial charge in [0.05, 0.1) is 17.5 Å². The van der Waals surface area contributed by atoms with Gasteiger partial charge in [0.1, 0.15) is 5.82 Å². The zero-order valence-corrected chi connectivity index (χ0v) is 17.2. The van der Waals surface area contributed by atoms with Crippen LogP contribution >= 0.6 is 23.1 Å². The number of carbonyl (C=O) groups excluding carboxylic acids is 1. The zero-order valence-electron chi connectivity index (χ0n) is 15.6. The maximum Gasteiger partial charge on any atom is 0.258 e. The summed E-state index contributed by atoms with van der Waals surface area (Å²) >= 11 is 2.80. The topological polar surface area (TPSA) is 66.7 Å².